The summed E-state index contributed by atoms with van der Waals surface area (Å²) in [6.45, 7) is 0. The summed E-state index contributed by atoms with van der Waals surface area (Å²) in [5.41, 5.74) is 0.914. The zero-order chi connectivity index (χ0) is 11.7. The van der Waals surface area contributed by atoms with Gasteiger partial charge in [0.05, 0.1) is 0 Å². The van der Waals surface area contributed by atoms with Crippen LogP contribution in [0.25, 0.3) is 10.8 Å². The Balaban J connectivity index is 2.87. The van der Waals surface area contributed by atoms with E-state index in [1.54, 1.807) is 12.1 Å². The third kappa shape index (κ3) is 1.81. The van der Waals surface area contributed by atoms with Gasteiger partial charge in [-0.05, 0) is 28.6 Å². The molecule has 4 heteroatoms. The summed E-state index contributed by atoms with van der Waals surface area (Å²) < 4.78 is 22.3. The fraction of sp³-hybridized carbons (Fsp3) is 0.167. The molecule has 0 saturated heterocycles. The first-order valence-electron chi connectivity index (χ1n) is 4.89. The molecule has 0 heterocycles. The predicted molar refractivity (Wildman–Crippen MR) is 65.5 cm³/mol. The molecule has 0 aliphatic carbocycles. The van der Waals surface area contributed by atoms with Crippen molar-refractivity contribution < 1.29 is 8.76 Å². The first-order valence-corrected chi connectivity index (χ1v) is 5.97. The van der Waals surface area contributed by atoms with Crippen LogP contribution in [0, 0.1) is 0 Å². The standard InChI is InChI=1S/C12H13NO2S/c1-13(2)10-7-3-5-9-6-4-8-11(12(9)10)16(14)15/h3-8H,1-2H3,(H,14,15)/p-1. The Kier molecular flexibility index (Phi) is 2.94. The molecule has 0 aliphatic heterocycles. The van der Waals surface area contributed by atoms with Gasteiger partial charge in [0.1, 0.15) is 0 Å². The van der Waals surface area contributed by atoms with Crippen LogP contribution in [0.15, 0.2) is 41.3 Å². The number of fused-ring (bicyclic) bond motifs is 1. The quantitative estimate of drug-likeness (QED) is 0.748. The van der Waals surface area contributed by atoms with E-state index < -0.39 is 11.1 Å². The number of anilines is 1. The molecule has 3 nitrogen and oxygen atoms in total. The van der Waals surface area contributed by atoms with Gasteiger partial charge in [-0.3, -0.25) is 4.21 Å². The highest BCUT2D eigenvalue weighted by Gasteiger charge is 2.07. The molecular weight excluding hydrogens is 222 g/mol. The molecule has 2 aromatic rings. The molecule has 0 amide bonds. The molecule has 84 valence electrons. The number of benzene rings is 2. The highest BCUT2D eigenvalue weighted by atomic mass is 32.2. The average Bonchev–Trinajstić information content (AvgIpc) is 2.27. The molecule has 2 rings (SSSR count). The second-order valence-corrected chi connectivity index (χ2v) is 4.67. The Hall–Kier alpha value is -1.39. The smallest absolute Gasteiger partial charge is 0.0452 e. The molecule has 0 fully saturated rings. The van der Waals surface area contributed by atoms with Gasteiger partial charge < -0.3 is 9.45 Å². The molecule has 1 atom stereocenters. The summed E-state index contributed by atoms with van der Waals surface area (Å²) in [7, 11) is 3.80. The van der Waals surface area contributed by atoms with Crippen molar-refractivity contribution in [2.24, 2.45) is 0 Å². The maximum atomic E-state index is 11.2. The first kappa shape index (κ1) is 11.1. The molecule has 0 radical (unpaired) electrons. The van der Waals surface area contributed by atoms with Crippen molar-refractivity contribution in [1.29, 1.82) is 0 Å². The lowest BCUT2D eigenvalue weighted by atomic mass is 10.1. The summed E-state index contributed by atoms with van der Waals surface area (Å²) in [5, 5.41) is 1.72. The minimum Gasteiger partial charge on any atom is -0.768 e. The molecule has 0 bridgehead atoms. The Bertz CT molecular complexity index is 546. The maximum absolute atomic E-state index is 11.2. The summed E-state index contributed by atoms with van der Waals surface area (Å²) >= 11 is -2.21. The van der Waals surface area contributed by atoms with Crippen LogP contribution in [-0.2, 0) is 11.1 Å². The lowest BCUT2D eigenvalue weighted by molar-refractivity contribution is 0.538. The van der Waals surface area contributed by atoms with Gasteiger partial charge in [-0.2, -0.15) is 0 Å². The van der Waals surface area contributed by atoms with Gasteiger partial charge in [-0.25, -0.2) is 0 Å². The molecular formula is C12H12NO2S-. The van der Waals surface area contributed by atoms with Gasteiger partial charge in [-0.15, -0.1) is 0 Å². The molecule has 0 spiro atoms. The van der Waals surface area contributed by atoms with Crippen LogP contribution < -0.4 is 4.90 Å². The van der Waals surface area contributed by atoms with Crippen molar-refractivity contribution in [3.63, 3.8) is 0 Å². The van der Waals surface area contributed by atoms with E-state index in [0.717, 1.165) is 16.5 Å². The van der Waals surface area contributed by atoms with Crippen LogP contribution in [0.5, 0.6) is 0 Å². The van der Waals surface area contributed by atoms with Gasteiger partial charge in [0.15, 0.2) is 0 Å². The topological polar surface area (TPSA) is 43.4 Å². The second-order valence-electron chi connectivity index (χ2n) is 3.76. The van der Waals surface area contributed by atoms with E-state index in [9.17, 15) is 8.76 Å². The maximum Gasteiger partial charge on any atom is 0.0452 e. The van der Waals surface area contributed by atoms with Crippen LogP contribution in [0.1, 0.15) is 0 Å². The van der Waals surface area contributed by atoms with E-state index in [2.05, 4.69) is 0 Å². The van der Waals surface area contributed by atoms with E-state index >= 15 is 0 Å². The van der Waals surface area contributed by atoms with Crippen molar-refractivity contribution in [3.8, 4) is 0 Å². The SMILES string of the molecule is CN(C)c1cccc2cccc(S(=O)[O-])c12. The Morgan fingerprint density at radius 2 is 1.75 bits per heavy atom. The summed E-state index contributed by atoms with van der Waals surface area (Å²) in [6, 6.07) is 11.1. The highest BCUT2D eigenvalue weighted by Crippen LogP contribution is 2.30. The molecule has 0 aliphatic rings. The van der Waals surface area contributed by atoms with Gasteiger partial charge in [-0.1, -0.05) is 24.3 Å². The van der Waals surface area contributed by atoms with Gasteiger partial charge in [0, 0.05) is 30.1 Å². The van der Waals surface area contributed by atoms with Gasteiger partial charge in [0.25, 0.3) is 0 Å². The van der Waals surface area contributed by atoms with Crippen molar-refractivity contribution in [2.75, 3.05) is 19.0 Å². The number of hydrogen-bond donors (Lipinski definition) is 0. The predicted octanol–water partition coefficient (Wildman–Crippen LogP) is 2.14. The minimum atomic E-state index is -2.21. The van der Waals surface area contributed by atoms with E-state index in [4.69, 9.17) is 0 Å². The third-order valence-corrected chi connectivity index (χ3v) is 3.21. The van der Waals surface area contributed by atoms with Gasteiger partial charge in [0.2, 0.25) is 0 Å². The van der Waals surface area contributed by atoms with Crippen LogP contribution in [-0.4, -0.2) is 22.9 Å². The molecule has 0 N–H and O–H groups in total. The Morgan fingerprint density at radius 1 is 1.12 bits per heavy atom. The minimum absolute atomic E-state index is 0.349. The fourth-order valence-corrected chi connectivity index (χ4v) is 2.38. The average molecular weight is 234 g/mol. The summed E-state index contributed by atoms with van der Waals surface area (Å²) in [4.78, 5) is 2.26. The Labute approximate surface area is 97.0 Å². The molecule has 0 saturated carbocycles. The second kappa shape index (κ2) is 4.23. The van der Waals surface area contributed by atoms with E-state index in [0.29, 0.717) is 4.90 Å². The normalized spacial score (nSPS) is 12.7. The van der Waals surface area contributed by atoms with Gasteiger partial charge >= 0.3 is 0 Å². The fourth-order valence-electron chi connectivity index (χ4n) is 1.80. The van der Waals surface area contributed by atoms with Crippen molar-refractivity contribution in [2.45, 2.75) is 4.90 Å². The van der Waals surface area contributed by atoms with Crippen LogP contribution >= 0.6 is 0 Å². The molecule has 1 unspecified atom stereocenters. The van der Waals surface area contributed by atoms with Crippen molar-refractivity contribution in [3.05, 3.63) is 36.4 Å². The van der Waals surface area contributed by atoms with Crippen LogP contribution in [0.3, 0.4) is 0 Å². The largest absolute Gasteiger partial charge is 0.768 e. The number of rotatable bonds is 2. The van der Waals surface area contributed by atoms with E-state index in [1.165, 1.54) is 0 Å². The third-order valence-electron chi connectivity index (χ3n) is 2.51. The highest BCUT2D eigenvalue weighted by molar-refractivity contribution is 7.79. The van der Waals surface area contributed by atoms with Crippen molar-refractivity contribution in [1.82, 2.24) is 0 Å². The zero-order valence-electron chi connectivity index (χ0n) is 9.14. The Morgan fingerprint density at radius 3 is 2.31 bits per heavy atom. The lowest BCUT2D eigenvalue weighted by Crippen LogP contribution is -2.09. The monoisotopic (exact) mass is 234 g/mol. The molecule has 2 aromatic carbocycles. The summed E-state index contributed by atoms with van der Waals surface area (Å²) in [6.07, 6.45) is 0. The lowest BCUT2D eigenvalue weighted by Gasteiger charge is -2.18. The molecule has 16 heavy (non-hydrogen) atoms. The van der Waals surface area contributed by atoms with E-state index in [-0.39, 0.29) is 0 Å². The number of nitrogens with zero attached hydrogens (tertiary/aromatic N) is 1. The van der Waals surface area contributed by atoms with E-state index in [1.807, 2.05) is 43.3 Å². The van der Waals surface area contributed by atoms with Crippen LogP contribution in [0.4, 0.5) is 5.69 Å². The zero-order valence-corrected chi connectivity index (χ0v) is 9.95. The first-order chi connectivity index (χ1) is 7.61. The molecule has 0 aromatic heterocycles. The number of hydrogen-bond acceptors (Lipinski definition) is 3. The van der Waals surface area contributed by atoms with Crippen LogP contribution in [0.2, 0.25) is 0 Å². The summed E-state index contributed by atoms with van der Waals surface area (Å²) in [5.74, 6) is 0. The van der Waals surface area contributed by atoms with Crippen molar-refractivity contribution >= 4 is 27.5 Å².